The molecule has 100 valence electrons. The van der Waals surface area contributed by atoms with E-state index in [9.17, 15) is 5.11 Å². The van der Waals surface area contributed by atoms with Crippen molar-refractivity contribution in [2.45, 2.75) is 33.3 Å². The highest BCUT2D eigenvalue weighted by Crippen LogP contribution is 2.32. The van der Waals surface area contributed by atoms with Crippen molar-refractivity contribution in [1.29, 1.82) is 0 Å². The van der Waals surface area contributed by atoms with Crippen molar-refractivity contribution >= 4 is 0 Å². The van der Waals surface area contributed by atoms with E-state index in [0.29, 0.717) is 6.42 Å². The van der Waals surface area contributed by atoms with Gasteiger partial charge in [0.1, 0.15) is 11.5 Å². The van der Waals surface area contributed by atoms with Gasteiger partial charge in [0.2, 0.25) is 0 Å². The number of hydrogen-bond acceptors (Lipinski definition) is 2. The topological polar surface area (TPSA) is 29.5 Å². The number of benzene rings is 2. The summed E-state index contributed by atoms with van der Waals surface area (Å²) in [5.41, 5.74) is 3.15. The van der Waals surface area contributed by atoms with Crippen LogP contribution in [0.4, 0.5) is 0 Å². The molecule has 19 heavy (non-hydrogen) atoms. The first-order valence-corrected chi connectivity index (χ1v) is 6.64. The first kappa shape index (κ1) is 13.6. The van der Waals surface area contributed by atoms with Gasteiger partial charge in [0.15, 0.2) is 0 Å². The Kier molecular flexibility index (Phi) is 4.23. The molecule has 1 atom stereocenters. The molecule has 2 rings (SSSR count). The quantitative estimate of drug-likeness (QED) is 0.870. The Morgan fingerprint density at radius 3 is 2.47 bits per heavy atom. The standard InChI is InChI=1S/C17H20O2/c1-4-15(18)14-7-5-6-8-17(14)19-16-10-9-12(2)11-13(16)3/h5-11,15,18H,4H2,1-3H3/t15-/m0/s1. The van der Waals surface area contributed by atoms with Gasteiger partial charge in [0, 0.05) is 5.56 Å². The molecule has 0 aliphatic carbocycles. The van der Waals surface area contributed by atoms with Gasteiger partial charge in [-0.05, 0) is 38.0 Å². The number of ether oxygens (including phenoxy) is 1. The average molecular weight is 256 g/mol. The normalized spacial score (nSPS) is 12.2. The van der Waals surface area contributed by atoms with E-state index in [1.54, 1.807) is 0 Å². The lowest BCUT2D eigenvalue weighted by Crippen LogP contribution is -1.99. The van der Waals surface area contributed by atoms with Crippen LogP contribution in [0.1, 0.15) is 36.1 Å². The van der Waals surface area contributed by atoms with Crippen molar-refractivity contribution in [2.75, 3.05) is 0 Å². The molecule has 2 aromatic rings. The minimum absolute atomic E-state index is 0.484. The Morgan fingerprint density at radius 1 is 1.05 bits per heavy atom. The number of rotatable bonds is 4. The molecule has 0 aromatic heterocycles. The van der Waals surface area contributed by atoms with Crippen molar-refractivity contribution in [3.63, 3.8) is 0 Å². The summed E-state index contributed by atoms with van der Waals surface area (Å²) < 4.78 is 5.96. The summed E-state index contributed by atoms with van der Waals surface area (Å²) >= 11 is 0. The summed E-state index contributed by atoms with van der Waals surface area (Å²) in [6.07, 6.45) is 0.190. The second-order valence-electron chi connectivity index (χ2n) is 4.83. The average Bonchev–Trinajstić information content (AvgIpc) is 2.41. The molecule has 0 radical (unpaired) electrons. The van der Waals surface area contributed by atoms with Crippen LogP contribution in [0.3, 0.4) is 0 Å². The monoisotopic (exact) mass is 256 g/mol. The third-order valence-corrected chi connectivity index (χ3v) is 3.22. The third-order valence-electron chi connectivity index (χ3n) is 3.22. The summed E-state index contributed by atoms with van der Waals surface area (Å²) in [5.74, 6) is 1.56. The van der Waals surface area contributed by atoms with Crippen LogP contribution in [0.25, 0.3) is 0 Å². The molecule has 0 fully saturated rings. The molecule has 0 bridgehead atoms. The first-order chi connectivity index (χ1) is 9.11. The van der Waals surface area contributed by atoms with Crippen LogP contribution >= 0.6 is 0 Å². The van der Waals surface area contributed by atoms with E-state index in [2.05, 4.69) is 13.0 Å². The summed E-state index contributed by atoms with van der Waals surface area (Å²) in [6, 6.07) is 13.7. The Hall–Kier alpha value is -1.80. The fourth-order valence-corrected chi connectivity index (χ4v) is 2.10. The lowest BCUT2D eigenvalue weighted by atomic mass is 10.1. The summed E-state index contributed by atoms with van der Waals surface area (Å²) in [4.78, 5) is 0. The van der Waals surface area contributed by atoms with Crippen molar-refractivity contribution in [1.82, 2.24) is 0 Å². The Morgan fingerprint density at radius 2 is 1.79 bits per heavy atom. The fraction of sp³-hybridized carbons (Fsp3) is 0.294. The Labute approximate surface area is 114 Å². The van der Waals surface area contributed by atoms with E-state index in [4.69, 9.17) is 4.74 Å². The van der Waals surface area contributed by atoms with Gasteiger partial charge in [0.05, 0.1) is 6.10 Å². The van der Waals surface area contributed by atoms with Gasteiger partial charge in [-0.3, -0.25) is 0 Å². The lowest BCUT2D eigenvalue weighted by molar-refractivity contribution is 0.170. The molecule has 0 aliphatic rings. The minimum Gasteiger partial charge on any atom is -0.457 e. The summed E-state index contributed by atoms with van der Waals surface area (Å²) in [7, 11) is 0. The van der Waals surface area contributed by atoms with Gasteiger partial charge in [-0.2, -0.15) is 0 Å². The van der Waals surface area contributed by atoms with Crippen LogP contribution in [-0.2, 0) is 0 Å². The van der Waals surface area contributed by atoms with Gasteiger partial charge in [-0.1, -0.05) is 42.8 Å². The molecule has 2 aromatic carbocycles. The van der Waals surface area contributed by atoms with E-state index >= 15 is 0 Å². The SMILES string of the molecule is CC[C@H](O)c1ccccc1Oc1ccc(C)cc1C. The predicted octanol–water partition coefficient (Wildman–Crippen LogP) is 4.54. The zero-order valence-corrected chi connectivity index (χ0v) is 11.7. The molecule has 0 spiro atoms. The number of aliphatic hydroxyl groups excluding tert-OH is 1. The zero-order valence-electron chi connectivity index (χ0n) is 11.7. The van der Waals surface area contributed by atoms with E-state index in [1.807, 2.05) is 50.2 Å². The second kappa shape index (κ2) is 5.89. The van der Waals surface area contributed by atoms with Crippen molar-refractivity contribution in [2.24, 2.45) is 0 Å². The Balaban J connectivity index is 2.33. The minimum atomic E-state index is -0.484. The Bertz CT molecular complexity index is 561. The number of aryl methyl sites for hydroxylation is 2. The van der Waals surface area contributed by atoms with Gasteiger partial charge < -0.3 is 9.84 Å². The van der Waals surface area contributed by atoms with E-state index in [0.717, 1.165) is 22.6 Å². The highest BCUT2D eigenvalue weighted by atomic mass is 16.5. The molecule has 0 saturated heterocycles. The molecular formula is C17H20O2. The molecule has 0 unspecified atom stereocenters. The van der Waals surface area contributed by atoms with Crippen molar-refractivity contribution in [3.05, 3.63) is 59.2 Å². The van der Waals surface area contributed by atoms with Crippen LogP contribution in [0.5, 0.6) is 11.5 Å². The lowest BCUT2D eigenvalue weighted by Gasteiger charge is -2.16. The highest BCUT2D eigenvalue weighted by molar-refractivity contribution is 5.42. The van der Waals surface area contributed by atoms with Crippen LogP contribution in [0, 0.1) is 13.8 Å². The third kappa shape index (κ3) is 3.15. The fourth-order valence-electron chi connectivity index (χ4n) is 2.10. The van der Waals surface area contributed by atoms with Crippen LogP contribution < -0.4 is 4.74 Å². The van der Waals surface area contributed by atoms with Gasteiger partial charge >= 0.3 is 0 Å². The van der Waals surface area contributed by atoms with Crippen molar-refractivity contribution in [3.8, 4) is 11.5 Å². The molecular weight excluding hydrogens is 236 g/mol. The predicted molar refractivity (Wildman–Crippen MR) is 77.7 cm³/mol. The molecule has 2 heteroatoms. The molecule has 1 N–H and O–H groups in total. The highest BCUT2D eigenvalue weighted by Gasteiger charge is 2.12. The second-order valence-corrected chi connectivity index (χ2v) is 4.83. The molecule has 2 nitrogen and oxygen atoms in total. The zero-order chi connectivity index (χ0) is 13.8. The molecule has 0 aliphatic heterocycles. The van der Waals surface area contributed by atoms with Gasteiger partial charge in [-0.15, -0.1) is 0 Å². The largest absolute Gasteiger partial charge is 0.457 e. The smallest absolute Gasteiger partial charge is 0.133 e. The van der Waals surface area contributed by atoms with Gasteiger partial charge in [-0.25, -0.2) is 0 Å². The first-order valence-electron chi connectivity index (χ1n) is 6.64. The van der Waals surface area contributed by atoms with Crippen LogP contribution in [0.2, 0.25) is 0 Å². The maximum absolute atomic E-state index is 10.0. The molecule has 0 amide bonds. The number of hydrogen-bond donors (Lipinski definition) is 1. The summed E-state index contributed by atoms with van der Waals surface area (Å²) in [6.45, 7) is 6.05. The van der Waals surface area contributed by atoms with Crippen LogP contribution in [-0.4, -0.2) is 5.11 Å². The van der Waals surface area contributed by atoms with Gasteiger partial charge in [0.25, 0.3) is 0 Å². The number of aliphatic hydroxyl groups is 1. The maximum atomic E-state index is 10.0. The van der Waals surface area contributed by atoms with E-state index in [1.165, 1.54) is 5.56 Å². The van der Waals surface area contributed by atoms with Crippen molar-refractivity contribution < 1.29 is 9.84 Å². The molecule has 0 saturated carbocycles. The number of para-hydroxylation sites is 1. The summed E-state index contributed by atoms with van der Waals surface area (Å²) in [5, 5.41) is 10.0. The maximum Gasteiger partial charge on any atom is 0.133 e. The van der Waals surface area contributed by atoms with Crippen LogP contribution in [0.15, 0.2) is 42.5 Å². The van der Waals surface area contributed by atoms with E-state index in [-0.39, 0.29) is 0 Å². The molecule has 0 heterocycles. The van der Waals surface area contributed by atoms with E-state index < -0.39 is 6.10 Å².